The van der Waals surface area contributed by atoms with Crippen molar-refractivity contribution >= 4 is 5.91 Å². The Morgan fingerprint density at radius 3 is 2.71 bits per heavy atom. The van der Waals surface area contributed by atoms with Gasteiger partial charge >= 0.3 is 0 Å². The van der Waals surface area contributed by atoms with Crippen LogP contribution in [0.3, 0.4) is 0 Å². The van der Waals surface area contributed by atoms with Crippen LogP contribution in [0.25, 0.3) is 0 Å². The van der Waals surface area contributed by atoms with Gasteiger partial charge in [0.1, 0.15) is 6.04 Å². The van der Waals surface area contributed by atoms with Gasteiger partial charge < -0.3 is 14.6 Å². The molecule has 0 saturated carbocycles. The van der Waals surface area contributed by atoms with Crippen LogP contribution in [0.1, 0.15) is 60.7 Å². The number of aromatic nitrogens is 4. The van der Waals surface area contributed by atoms with Crippen LogP contribution in [-0.2, 0) is 11.8 Å². The molecule has 0 aliphatic carbocycles. The van der Waals surface area contributed by atoms with E-state index in [1.54, 1.807) is 24.1 Å². The number of carbonyl (C=O) groups is 1. The molecule has 8 nitrogen and oxygen atoms in total. The molecular formula is C16H23N5O3. The number of ether oxygens (including phenoxy) is 1. The molecular weight excluding hydrogens is 310 g/mol. The minimum Gasteiger partial charge on any atom is -0.381 e. The van der Waals surface area contributed by atoms with Gasteiger partial charge in [0.15, 0.2) is 5.82 Å². The Balaban J connectivity index is 1.82. The Morgan fingerprint density at radius 1 is 1.38 bits per heavy atom. The fraction of sp³-hybridized carbons (Fsp3) is 0.625. The lowest BCUT2D eigenvalue weighted by Gasteiger charge is -2.28. The predicted molar refractivity (Wildman–Crippen MR) is 85.3 cm³/mol. The third kappa shape index (κ3) is 3.64. The van der Waals surface area contributed by atoms with E-state index in [0.29, 0.717) is 30.5 Å². The summed E-state index contributed by atoms with van der Waals surface area (Å²) in [4.78, 5) is 17.0. The average Bonchev–Trinajstić information content (AvgIpc) is 3.22. The normalized spacial score (nSPS) is 17.2. The monoisotopic (exact) mass is 333 g/mol. The molecule has 130 valence electrons. The van der Waals surface area contributed by atoms with E-state index < -0.39 is 0 Å². The van der Waals surface area contributed by atoms with Crippen LogP contribution in [0.15, 0.2) is 16.9 Å². The topological polar surface area (TPSA) is 95.1 Å². The molecule has 1 atom stereocenters. The van der Waals surface area contributed by atoms with Gasteiger partial charge in [-0.25, -0.2) is 0 Å². The summed E-state index contributed by atoms with van der Waals surface area (Å²) in [6, 6.07) is -0.318. The molecule has 8 heteroatoms. The first-order valence-corrected chi connectivity index (χ1v) is 8.25. The lowest BCUT2D eigenvalue weighted by Crippen LogP contribution is -2.36. The van der Waals surface area contributed by atoms with Crippen LogP contribution in [-0.4, -0.2) is 39.0 Å². The first-order valence-electron chi connectivity index (χ1n) is 8.25. The minimum absolute atomic E-state index is 0.173. The number of hydrogen-bond donors (Lipinski definition) is 1. The van der Waals surface area contributed by atoms with E-state index in [2.05, 4.69) is 20.6 Å². The summed E-state index contributed by atoms with van der Waals surface area (Å²) in [5, 5.41) is 11.1. The zero-order chi connectivity index (χ0) is 17.1. The molecule has 0 unspecified atom stereocenters. The summed E-state index contributed by atoms with van der Waals surface area (Å²) < 4.78 is 12.5. The summed E-state index contributed by atoms with van der Waals surface area (Å²) in [7, 11) is 1.78. The van der Waals surface area contributed by atoms with Crippen molar-refractivity contribution in [1.82, 2.24) is 25.2 Å². The maximum Gasteiger partial charge on any atom is 0.255 e. The van der Waals surface area contributed by atoms with Gasteiger partial charge in [0, 0.05) is 32.4 Å². The van der Waals surface area contributed by atoms with E-state index in [1.165, 1.54) is 0 Å². The standard InChI is InChI=1S/C16H23N5O3/c1-10(2)14-19-16(24-20-14)13(11-4-6-23-7-5-11)18-15(22)12-8-17-21(3)9-12/h8-11,13H,4-7H2,1-3H3,(H,18,22)/t13-/m0/s1. The summed E-state index contributed by atoms with van der Waals surface area (Å²) in [6.45, 7) is 5.36. The molecule has 1 amide bonds. The number of nitrogens with one attached hydrogen (secondary N) is 1. The molecule has 3 rings (SSSR count). The number of hydrogen-bond acceptors (Lipinski definition) is 6. The summed E-state index contributed by atoms with van der Waals surface area (Å²) >= 11 is 0. The maximum atomic E-state index is 12.5. The zero-order valence-corrected chi connectivity index (χ0v) is 14.2. The van der Waals surface area contributed by atoms with Crippen molar-refractivity contribution in [2.75, 3.05) is 13.2 Å². The molecule has 0 radical (unpaired) electrons. The lowest BCUT2D eigenvalue weighted by molar-refractivity contribution is 0.0468. The first-order chi connectivity index (χ1) is 11.5. The molecule has 2 aromatic rings. The second kappa shape index (κ2) is 7.12. The van der Waals surface area contributed by atoms with Gasteiger partial charge in [-0.2, -0.15) is 10.1 Å². The summed E-state index contributed by atoms with van der Waals surface area (Å²) in [6.07, 6.45) is 4.92. The Hall–Kier alpha value is -2.22. The largest absolute Gasteiger partial charge is 0.381 e. The van der Waals surface area contributed by atoms with Crippen molar-refractivity contribution in [3.8, 4) is 0 Å². The molecule has 1 aliphatic rings. The van der Waals surface area contributed by atoms with E-state index in [4.69, 9.17) is 9.26 Å². The number of rotatable bonds is 5. The van der Waals surface area contributed by atoms with Gasteiger partial charge in [-0.3, -0.25) is 9.48 Å². The van der Waals surface area contributed by atoms with E-state index in [0.717, 1.165) is 12.8 Å². The van der Waals surface area contributed by atoms with Crippen LogP contribution >= 0.6 is 0 Å². The number of carbonyl (C=O) groups excluding carboxylic acids is 1. The van der Waals surface area contributed by atoms with E-state index in [-0.39, 0.29) is 23.8 Å². The lowest BCUT2D eigenvalue weighted by atomic mass is 9.91. The van der Waals surface area contributed by atoms with Crippen molar-refractivity contribution in [2.24, 2.45) is 13.0 Å². The van der Waals surface area contributed by atoms with Crippen LogP contribution < -0.4 is 5.32 Å². The van der Waals surface area contributed by atoms with Crippen LogP contribution in [0, 0.1) is 5.92 Å². The number of nitrogens with zero attached hydrogens (tertiary/aromatic N) is 4. The molecule has 1 aliphatic heterocycles. The fourth-order valence-corrected chi connectivity index (χ4v) is 2.80. The fourth-order valence-electron chi connectivity index (χ4n) is 2.80. The smallest absolute Gasteiger partial charge is 0.255 e. The van der Waals surface area contributed by atoms with Crippen molar-refractivity contribution in [3.63, 3.8) is 0 Å². The predicted octanol–water partition coefficient (Wildman–Crippen LogP) is 1.82. The molecule has 24 heavy (non-hydrogen) atoms. The molecule has 3 heterocycles. The Kier molecular flexibility index (Phi) is 4.94. The van der Waals surface area contributed by atoms with Gasteiger partial charge in [-0.1, -0.05) is 19.0 Å². The van der Waals surface area contributed by atoms with Crippen molar-refractivity contribution in [1.29, 1.82) is 0 Å². The van der Waals surface area contributed by atoms with Crippen molar-refractivity contribution in [2.45, 2.75) is 38.6 Å². The third-order valence-corrected chi connectivity index (χ3v) is 4.23. The zero-order valence-electron chi connectivity index (χ0n) is 14.2. The second-order valence-corrected chi connectivity index (χ2v) is 6.45. The second-order valence-electron chi connectivity index (χ2n) is 6.45. The molecule has 0 aromatic carbocycles. The Bertz CT molecular complexity index is 687. The quantitative estimate of drug-likeness (QED) is 0.897. The van der Waals surface area contributed by atoms with Crippen LogP contribution in [0.5, 0.6) is 0 Å². The highest BCUT2D eigenvalue weighted by Crippen LogP contribution is 2.30. The van der Waals surface area contributed by atoms with Gasteiger partial charge in [0.05, 0.1) is 11.8 Å². The van der Waals surface area contributed by atoms with Crippen molar-refractivity contribution < 1.29 is 14.1 Å². The summed E-state index contributed by atoms with van der Waals surface area (Å²) in [5.74, 6) is 1.30. The Morgan fingerprint density at radius 2 is 2.12 bits per heavy atom. The maximum absolute atomic E-state index is 12.5. The van der Waals surface area contributed by atoms with Gasteiger partial charge in [-0.15, -0.1) is 0 Å². The molecule has 1 N–H and O–H groups in total. The van der Waals surface area contributed by atoms with Crippen LogP contribution in [0.2, 0.25) is 0 Å². The molecule has 0 spiro atoms. The molecule has 0 bridgehead atoms. The highest BCUT2D eigenvalue weighted by Gasteiger charge is 2.32. The number of aryl methyl sites for hydroxylation is 1. The minimum atomic E-state index is -0.318. The Labute approximate surface area is 140 Å². The van der Waals surface area contributed by atoms with E-state index in [1.807, 2.05) is 13.8 Å². The average molecular weight is 333 g/mol. The highest BCUT2D eigenvalue weighted by molar-refractivity contribution is 5.93. The SMILES string of the molecule is CC(C)c1noc([C@@H](NC(=O)c2cnn(C)c2)C2CCOCC2)n1. The first kappa shape index (κ1) is 16.6. The van der Waals surface area contributed by atoms with Crippen molar-refractivity contribution in [3.05, 3.63) is 29.7 Å². The molecule has 2 aromatic heterocycles. The van der Waals surface area contributed by atoms with Gasteiger partial charge in [-0.05, 0) is 18.8 Å². The van der Waals surface area contributed by atoms with Gasteiger partial charge in [0.2, 0.25) is 5.89 Å². The molecule has 1 saturated heterocycles. The van der Waals surface area contributed by atoms with E-state index in [9.17, 15) is 4.79 Å². The summed E-state index contributed by atoms with van der Waals surface area (Å²) in [5.41, 5.74) is 0.512. The van der Waals surface area contributed by atoms with Crippen LogP contribution in [0.4, 0.5) is 0 Å². The van der Waals surface area contributed by atoms with Gasteiger partial charge in [0.25, 0.3) is 5.91 Å². The highest BCUT2D eigenvalue weighted by atomic mass is 16.5. The van der Waals surface area contributed by atoms with E-state index >= 15 is 0 Å². The third-order valence-electron chi connectivity index (χ3n) is 4.23. The number of amides is 1. The molecule has 1 fully saturated rings.